The summed E-state index contributed by atoms with van der Waals surface area (Å²) in [5, 5.41) is 6.95. The zero-order chi connectivity index (χ0) is 14.2. The molecule has 0 bridgehead atoms. The van der Waals surface area contributed by atoms with Crippen LogP contribution in [0.2, 0.25) is 0 Å². The van der Waals surface area contributed by atoms with Crippen LogP contribution in [0, 0.1) is 6.92 Å². The van der Waals surface area contributed by atoms with E-state index >= 15 is 0 Å². The fourth-order valence-electron chi connectivity index (χ4n) is 2.20. The number of aromatic amines is 1. The van der Waals surface area contributed by atoms with Gasteiger partial charge in [-0.1, -0.05) is 20.8 Å². The van der Waals surface area contributed by atoms with Gasteiger partial charge >= 0.3 is 0 Å². The second-order valence-electron chi connectivity index (χ2n) is 5.82. The van der Waals surface area contributed by atoms with Gasteiger partial charge in [0.2, 0.25) is 0 Å². The van der Waals surface area contributed by atoms with E-state index in [-0.39, 0.29) is 5.41 Å². The summed E-state index contributed by atoms with van der Waals surface area (Å²) in [6.45, 7) is 8.57. The van der Waals surface area contributed by atoms with Gasteiger partial charge in [0.15, 0.2) is 0 Å². The van der Waals surface area contributed by atoms with E-state index in [1.165, 1.54) is 5.56 Å². The molecule has 1 aromatic heterocycles. The Morgan fingerprint density at radius 2 is 1.89 bits per heavy atom. The average Bonchev–Trinajstić information content (AvgIpc) is 2.73. The minimum absolute atomic E-state index is 0.0133. The molecule has 102 valence electrons. The van der Waals surface area contributed by atoms with Crippen LogP contribution in [-0.4, -0.2) is 17.3 Å². The van der Waals surface area contributed by atoms with Gasteiger partial charge in [-0.05, 0) is 30.0 Å². The molecule has 2 aromatic rings. The summed E-state index contributed by atoms with van der Waals surface area (Å²) >= 11 is 0. The Kier molecular flexibility index (Phi) is 3.27. The van der Waals surface area contributed by atoms with E-state index in [0.29, 0.717) is 5.82 Å². The number of aromatic nitrogens is 2. The van der Waals surface area contributed by atoms with Gasteiger partial charge < -0.3 is 10.5 Å². The molecule has 4 heteroatoms. The third-order valence-corrected chi connectivity index (χ3v) is 3.24. The van der Waals surface area contributed by atoms with Gasteiger partial charge in [-0.15, -0.1) is 0 Å². The van der Waals surface area contributed by atoms with Crippen LogP contribution < -0.4 is 10.5 Å². The number of hydrogen-bond acceptors (Lipinski definition) is 3. The van der Waals surface area contributed by atoms with E-state index in [0.717, 1.165) is 22.6 Å². The number of H-pyrrole nitrogens is 1. The standard InChI is InChI=1S/C15H21N3O/c1-9-6-13(19-5)11(15(2,3)4)7-10(9)12-8-14(16)18-17-12/h6-8H,1-5H3,(H3,16,17,18). The summed E-state index contributed by atoms with van der Waals surface area (Å²) in [5.74, 6) is 1.42. The molecule has 0 atom stereocenters. The number of benzene rings is 1. The number of ether oxygens (including phenoxy) is 1. The Labute approximate surface area is 114 Å². The first-order valence-electron chi connectivity index (χ1n) is 6.33. The third kappa shape index (κ3) is 2.57. The van der Waals surface area contributed by atoms with Gasteiger partial charge in [0.05, 0.1) is 12.8 Å². The fourth-order valence-corrected chi connectivity index (χ4v) is 2.20. The first-order chi connectivity index (χ1) is 8.82. The van der Waals surface area contributed by atoms with Crippen molar-refractivity contribution in [3.63, 3.8) is 0 Å². The molecule has 0 saturated heterocycles. The molecule has 0 radical (unpaired) electrons. The topological polar surface area (TPSA) is 63.9 Å². The lowest BCUT2D eigenvalue weighted by molar-refractivity contribution is 0.397. The Morgan fingerprint density at radius 3 is 2.37 bits per heavy atom. The Hall–Kier alpha value is -1.97. The van der Waals surface area contributed by atoms with E-state index in [2.05, 4.69) is 50.0 Å². The highest BCUT2D eigenvalue weighted by Crippen LogP contribution is 2.36. The minimum atomic E-state index is 0.0133. The van der Waals surface area contributed by atoms with Crippen molar-refractivity contribution < 1.29 is 4.74 Å². The van der Waals surface area contributed by atoms with Crippen LogP contribution in [0.1, 0.15) is 31.9 Å². The van der Waals surface area contributed by atoms with Gasteiger partial charge in [-0.25, -0.2) is 0 Å². The van der Waals surface area contributed by atoms with Crippen LogP contribution in [0.5, 0.6) is 5.75 Å². The Bertz CT molecular complexity index is 594. The zero-order valence-electron chi connectivity index (χ0n) is 12.2. The van der Waals surface area contributed by atoms with Crippen LogP contribution >= 0.6 is 0 Å². The van der Waals surface area contributed by atoms with Crippen molar-refractivity contribution in [2.24, 2.45) is 0 Å². The lowest BCUT2D eigenvalue weighted by Gasteiger charge is -2.23. The fraction of sp³-hybridized carbons (Fsp3) is 0.400. The van der Waals surface area contributed by atoms with Crippen molar-refractivity contribution in [1.82, 2.24) is 10.2 Å². The lowest BCUT2D eigenvalue weighted by atomic mass is 9.84. The molecular weight excluding hydrogens is 238 g/mol. The summed E-state index contributed by atoms with van der Waals surface area (Å²) in [6.07, 6.45) is 0. The van der Waals surface area contributed by atoms with Crippen molar-refractivity contribution in [2.75, 3.05) is 12.8 Å². The van der Waals surface area contributed by atoms with Gasteiger partial charge in [0, 0.05) is 17.2 Å². The molecule has 0 saturated carbocycles. The number of rotatable bonds is 2. The molecular formula is C15H21N3O. The maximum atomic E-state index is 5.68. The molecule has 0 fully saturated rings. The second-order valence-corrected chi connectivity index (χ2v) is 5.82. The van der Waals surface area contributed by atoms with Crippen LogP contribution in [0.15, 0.2) is 18.2 Å². The van der Waals surface area contributed by atoms with Crippen LogP contribution in [0.3, 0.4) is 0 Å². The molecule has 0 spiro atoms. The highest BCUT2D eigenvalue weighted by molar-refractivity contribution is 5.69. The molecule has 0 aliphatic carbocycles. The number of hydrogen-bond donors (Lipinski definition) is 2. The third-order valence-electron chi connectivity index (χ3n) is 3.24. The number of aryl methyl sites for hydroxylation is 1. The normalized spacial score (nSPS) is 11.6. The van der Waals surface area contributed by atoms with Crippen molar-refractivity contribution in [1.29, 1.82) is 0 Å². The SMILES string of the molecule is COc1cc(C)c(-c2cc(N)n[nH]2)cc1C(C)(C)C. The molecule has 0 amide bonds. The number of nitrogens with one attached hydrogen (secondary N) is 1. The number of nitrogen functional groups attached to an aromatic ring is 1. The molecule has 1 aromatic carbocycles. The van der Waals surface area contributed by atoms with E-state index in [1.807, 2.05) is 6.07 Å². The molecule has 0 unspecified atom stereocenters. The summed E-state index contributed by atoms with van der Waals surface area (Å²) in [7, 11) is 1.71. The van der Waals surface area contributed by atoms with Crippen molar-refractivity contribution >= 4 is 5.82 Å². The van der Waals surface area contributed by atoms with E-state index in [9.17, 15) is 0 Å². The zero-order valence-corrected chi connectivity index (χ0v) is 12.2. The number of nitrogens with two attached hydrogens (primary N) is 1. The lowest BCUT2D eigenvalue weighted by Crippen LogP contribution is -2.13. The monoisotopic (exact) mass is 259 g/mol. The average molecular weight is 259 g/mol. The number of anilines is 1. The molecule has 1 heterocycles. The molecule has 3 N–H and O–H groups in total. The van der Waals surface area contributed by atoms with Gasteiger partial charge in [-0.2, -0.15) is 5.10 Å². The molecule has 0 aliphatic rings. The first-order valence-corrected chi connectivity index (χ1v) is 6.33. The van der Waals surface area contributed by atoms with Crippen molar-refractivity contribution in [3.8, 4) is 17.0 Å². The van der Waals surface area contributed by atoms with Crippen LogP contribution in [-0.2, 0) is 5.41 Å². The maximum absolute atomic E-state index is 5.68. The van der Waals surface area contributed by atoms with Gasteiger partial charge in [-0.3, -0.25) is 5.10 Å². The van der Waals surface area contributed by atoms with E-state index in [1.54, 1.807) is 7.11 Å². The van der Waals surface area contributed by atoms with E-state index in [4.69, 9.17) is 10.5 Å². The molecule has 2 rings (SSSR count). The van der Waals surface area contributed by atoms with Gasteiger partial charge in [0.25, 0.3) is 0 Å². The summed E-state index contributed by atoms with van der Waals surface area (Å²) in [5.41, 5.74) is 10.0. The second kappa shape index (κ2) is 4.61. The molecule has 19 heavy (non-hydrogen) atoms. The molecule has 4 nitrogen and oxygen atoms in total. The number of nitrogens with zero attached hydrogens (tertiary/aromatic N) is 1. The first kappa shape index (κ1) is 13.5. The van der Waals surface area contributed by atoms with Crippen LogP contribution in [0.25, 0.3) is 11.3 Å². The minimum Gasteiger partial charge on any atom is -0.496 e. The summed E-state index contributed by atoms with van der Waals surface area (Å²) < 4.78 is 5.50. The largest absolute Gasteiger partial charge is 0.496 e. The van der Waals surface area contributed by atoms with Crippen molar-refractivity contribution in [3.05, 3.63) is 29.3 Å². The summed E-state index contributed by atoms with van der Waals surface area (Å²) in [4.78, 5) is 0. The van der Waals surface area contributed by atoms with Crippen LogP contribution in [0.4, 0.5) is 5.82 Å². The Morgan fingerprint density at radius 1 is 1.21 bits per heavy atom. The molecule has 0 aliphatic heterocycles. The van der Waals surface area contributed by atoms with Crippen molar-refractivity contribution in [2.45, 2.75) is 33.1 Å². The maximum Gasteiger partial charge on any atom is 0.145 e. The van der Waals surface area contributed by atoms with Gasteiger partial charge in [0.1, 0.15) is 11.6 Å². The predicted molar refractivity (Wildman–Crippen MR) is 78.4 cm³/mol. The van der Waals surface area contributed by atoms with E-state index < -0.39 is 0 Å². The number of methoxy groups -OCH3 is 1. The Balaban J connectivity index is 2.63. The summed E-state index contributed by atoms with van der Waals surface area (Å²) in [6, 6.07) is 6.06. The highest BCUT2D eigenvalue weighted by atomic mass is 16.5. The highest BCUT2D eigenvalue weighted by Gasteiger charge is 2.21. The predicted octanol–water partition coefficient (Wildman–Crippen LogP) is 3.27. The smallest absolute Gasteiger partial charge is 0.145 e. The quantitative estimate of drug-likeness (QED) is 0.870.